The molecule has 0 atom stereocenters. The van der Waals surface area contributed by atoms with Crippen molar-refractivity contribution in [3.8, 4) is 0 Å². The second-order valence-corrected chi connectivity index (χ2v) is 5.91. The van der Waals surface area contributed by atoms with Gasteiger partial charge in [0.2, 0.25) is 0 Å². The van der Waals surface area contributed by atoms with Crippen molar-refractivity contribution in [1.82, 2.24) is 15.3 Å². The summed E-state index contributed by atoms with van der Waals surface area (Å²) >= 11 is 0. The second-order valence-electron chi connectivity index (χ2n) is 5.91. The molecular formula is C21H22N4O. The molecule has 0 aliphatic carbocycles. The summed E-state index contributed by atoms with van der Waals surface area (Å²) in [5.74, 6) is 0.403. The Morgan fingerprint density at radius 3 is 2.46 bits per heavy atom. The molecular weight excluding hydrogens is 324 g/mol. The van der Waals surface area contributed by atoms with Crippen LogP contribution in [0.2, 0.25) is 0 Å². The number of carbonyl (C=O) groups is 1. The summed E-state index contributed by atoms with van der Waals surface area (Å²) < 4.78 is 0. The normalized spacial score (nSPS) is 10.3. The van der Waals surface area contributed by atoms with Crippen molar-refractivity contribution in [3.63, 3.8) is 0 Å². The van der Waals surface area contributed by atoms with Crippen LogP contribution in [0.25, 0.3) is 0 Å². The molecule has 0 spiro atoms. The third-order valence-electron chi connectivity index (χ3n) is 4.09. The zero-order chi connectivity index (χ0) is 18.2. The quantitative estimate of drug-likeness (QED) is 0.684. The Kier molecular flexibility index (Phi) is 5.93. The van der Waals surface area contributed by atoms with E-state index in [4.69, 9.17) is 0 Å². The molecule has 5 heteroatoms. The number of nitrogens with zero attached hydrogens (tertiary/aromatic N) is 2. The molecule has 1 amide bonds. The molecule has 0 radical (unpaired) electrons. The number of rotatable bonds is 7. The van der Waals surface area contributed by atoms with Crippen molar-refractivity contribution < 1.29 is 4.79 Å². The van der Waals surface area contributed by atoms with Crippen molar-refractivity contribution in [2.75, 3.05) is 11.9 Å². The van der Waals surface area contributed by atoms with Gasteiger partial charge in [-0.25, -0.2) is 9.97 Å². The summed E-state index contributed by atoms with van der Waals surface area (Å²) in [5, 5.41) is 6.12. The Labute approximate surface area is 153 Å². The van der Waals surface area contributed by atoms with Gasteiger partial charge in [-0.1, -0.05) is 55.5 Å². The van der Waals surface area contributed by atoms with Crippen LogP contribution in [0.5, 0.6) is 0 Å². The third-order valence-corrected chi connectivity index (χ3v) is 4.09. The number of nitrogens with one attached hydrogen (secondary N) is 2. The number of aromatic nitrogens is 2. The Hall–Kier alpha value is -3.21. The lowest BCUT2D eigenvalue weighted by Gasteiger charge is -2.10. The van der Waals surface area contributed by atoms with E-state index in [2.05, 4.69) is 33.6 Å². The minimum absolute atomic E-state index is 0.214. The lowest BCUT2D eigenvalue weighted by molar-refractivity contribution is 0.0949. The van der Waals surface area contributed by atoms with Gasteiger partial charge in [0.1, 0.15) is 11.5 Å². The van der Waals surface area contributed by atoms with Crippen LogP contribution in [-0.4, -0.2) is 22.4 Å². The zero-order valence-electron chi connectivity index (χ0n) is 14.8. The largest absolute Gasteiger partial charge is 0.350 e. The summed E-state index contributed by atoms with van der Waals surface area (Å²) in [6.45, 7) is 2.67. The van der Waals surface area contributed by atoms with Gasteiger partial charge in [0.05, 0.1) is 12.4 Å². The van der Waals surface area contributed by atoms with Crippen LogP contribution in [0.15, 0.2) is 67.0 Å². The number of aryl methyl sites for hydroxylation is 1. The molecule has 0 fully saturated rings. The summed E-state index contributed by atoms with van der Waals surface area (Å²) in [4.78, 5) is 20.7. The minimum Gasteiger partial charge on any atom is -0.350 e. The molecule has 0 unspecified atom stereocenters. The molecule has 3 aromatic rings. The number of amides is 1. The van der Waals surface area contributed by atoms with E-state index in [9.17, 15) is 4.79 Å². The Morgan fingerprint density at radius 2 is 1.73 bits per heavy atom. The molecule has 132 valence electrons. The highest BCUT2D eigenvalue weighted by Crippen LogP contribution is 2.19. The van der Waals surface area contributed by atoms with Crippen molar-refractivity contribution in [2.24, 2.45) is 0 Å². The van der Waals surface area contributed by atoms with Crippen LogP contribution in [0, 0.1) is 0 Å². The molecule has 0 aliphatic rings. The van der Waals surface area contributed by atoms with E-state index in [1.807, 2.05) is 48.5 Å². The molecule has 2 aromatic carbocycles. The van der Waals surface area contributed by atoms with Gasteiger partial charge in [-0.2, -0.15) is 0 Å². The van der Waals surface area contributed by atoms with Crippen molar-refractivity contribution in [1.29, 1.82) is 0 Å². The molecule has 0 saturated carbocycles. The molecule has 5 nitrogen and oxygen atoms in total. The number of hydrogen-bond acceptors (Lipinski definition) is 4. The van der Waals surface area contributed by atoms with Crippen molar-refractivity contribution >= 4 is 17.4 Å². The number of carbonyl (C=O) groups excluding carboxylic acids is 1. The first-order chi connectivity index (χ1) is 12.8. The van der Waals surface area contributed by atoms with E-state index in [0.717, 1.165) is 18.5 Å². The van der Waals surface area contributed by atoms with Crippen molar-refractivity contribution in [2.45, 2.75) is 19.8 Å². The van der Waals surface area contributed by atoms with Gasteiger partial charge in [0, 0.05) is 12.2 Å². The highest BCUT2D eigenvalue weighted by molar-refractivity contribution is 5.92. The maximum Gasteiger partial charge on any atom is 0.271 e. The predicted molar refractivity (Wildman–Crippen MR) is 104 cm³/mol. The monoisotopic (exact) mass is 346 g/mol. The van der Waals surface area contributed by atoms with Crippen LogP contribution in [0.1, 0.15) is 28.5 Å². The fraction of sp³-hybridized carbons (Fsp3) is 0.190. The lowest BCUT2D eigenvalue weighted by Crippen LogP contribution is -2.26. The number of anilines is 2. The van der Waals surface area contributed by atoms with Gasteiger partial charge < -0.3 is 10.6 Å². The van der Waals surface area contributed by atoms with Gasteiger partial charge in [-0.05, 0) is 30.0 Å². The molecule has 0 aliphatic heterocycles. The van der Waals surface area contributed by atoms with Gasteiger partial charge in [0.25, 0.3) is 5.91 Å². The summed E-state index contributed by atoms with van der Waals surface area (Å²) in [6, 6.07) is 18.1. The fourth-order valence-electron chi connectivity index (χ4n) is 2.65. The molecule has 3 rings (SSSR count). The van der Waals surface area contributed by atoms with E-state index in [1.54, 1.807) is 6.20 Å². The number of para-hydroxylation sites is 1. The average Bonchev–Trinajstić information content (AvgIpc) is 2.70. The molecule has 26 heavy (non-hydrogen) atoms. The van der Waals surface area contributed by atoms with E-state index < -0.39 is 0 Å². The smallest absolute Gasteiger partial charge is 0.271 e. The Morgan fingerprint density at radius 1 is 0.962 bits per heavy atom. The van der Waals surface area contributed by atoms with Crippen molar-refractivity contribution in [3.05, 3.63) is 83.8 Å². The van der Waals surface area contributed by atoms with Crippen LogP contribution in [-0.2, 0) is 12.8 Å². The topological polar surface area (TPSA) is 66.9 Å². The SMILES string of the molecule is CCc1ccccc1Nc1cnc(C(=O)NCCc2ccccc2)cn1. The molecule has 1 aromatic heterocycles. The standard InChI is InChI=1S/C21H22N4O/c1-2-17-10-6-7-11-18(17)25-20-15-23-19(14-24-20)21(26)22-13-12-16-8-4-3-5-9-16/h3-11,14-15H,2,12-13H2,1H3,(H,22,26)(H,24,25). The summed E-state index contributed by atoms with van der Waals surface area (Å²) in [7, 11) is 0. The number of benzene rings is 2. The Balaban J connectivity index is 1.56. The maximum atomic E-state index is 12.2. The molecule has 0 saturated heterocycles. The molecule has 0 bridgehead atoms. The second kappa shape index (κ2) is 8.76. The van der Waals surface area contributed by atoms with E-state index in [-0.39, 0.29) is 5.91 Å². The predicted octanol–water partition coefficient (Wildman–Crippen LogP) is 3.76. The average molecular weight is 346 g/mol. The fourth-order valence-corrected chi connectivity index (χ4v) is 2.65. The van der Waals surface area contributed by atoms with Gasteiger partial charge in [-0.15, -0.1) is 0 Å². The highest BCUT2D eigenvalue weighted by atomic mass is 16.1. The van der Waals surface area contributed by atoms with E-state index in [1.165, 1.54) is 17.3 Å². The number of hydrogen-bond donors (Lipinski definition) is 2. The first-order valence-corrected chi connectivity index (χ1v) is 8.75. The van der Waals surface area contributed by atoms with Gasteiger partial charge in [0.15, 0.2) is 0 Å². The minimum atomic E-state index is -0.214. The molecule has 1 heterocycles. The van der Waals surface area contributed by atoms with Gasteiger partial charge >= 0.3 is 0 Å². The van der Waals surface area contributed by atoms with Gasteiger partial charge in [-0.3, -0.25) is 4.79 Å². The van der Waals surface area contributed by atoms with Crippen LogP contribution < -0.4 is 10.6 Å². The third kappa shape index (κ3) is 4.66. The zero-order valence-corrected chi connectivity index (χ0v) is 14.8. The first kappa shape index (κ1) is 17.6. The maximum absolute atomic E-state index is 12.2. The van der Waals surface area contributed by atoms with Crippen LogP contribution in [0.4, 0.5) is 11.5 Å². The summed E-state index contributed by atoms with van der Waals surface area (Å²) in [5.41, 5.74) is 3.71. The lowest BCUT2D eigenvalue weighted by atomic mass is 10.1. The molecule has 2 N–H and O–H groups in total. The first-order valence-electron chi connectivity index (χ1n) is 8.75. The van der Waals surface area contributed by atoms with Crippen LogP contribution in [0.3, 0.4) is 0 Å². The van der Waals surface area contributed by atoms with Crippen LogP contribution >= 0.6 is 0 Å². The Bertz CT molecular complexity index is 847. The van der Waals surface area contributed by atoms with E-state index >= 15 is 0 Å². The highest BCUT2D eigenvalue weighted by Gasteiger charge is 2.08. The summed E-state index contributed by atoms with van der Waals surface area (Å²) in [6.07, 6.45) is 4.79. The van der Waals surface area contributed by atoms with E-state index in [0.29, 0.717) is 18.1 Å².